The summed E-state index contributed by atoms with van der Waals surface area (Å²) in [5, 5.41) is 6.92. The standard InChI is InChI=1S/C17H12ClN3O4/c18-12-8-6-10(7-9-12)13(22)21-17(11-4-2-1-3-5-11)14(23)19-16(25)20-15(17)24/h1-9H,(H,21,22)(H2,19,20,23,24,25). The summed E-state index contributed by atoms with van der Waals surface area (Å²) in [4.78, 5) is 49.0. The minimum Gasteiger partial charge on any atom is -0.326 e. The topological polar surface area (TPSA) is 104 Å². The lowest BCUT2D eigenvalue weighted by atomic mass is 9.86. The summed E-state index contributed by atoms with van der Waals surface area (Å²) in [5.41, 5.74) is -1.64. The number of hydrogen-bond donors (Lipinski definition) is 3. The molecule has 0 aromatic heterocycles. The second kappa shape index (κ2) is 6.37. The number of carbonyl (C=O) groups is 4. The van der Waals surface area contributed by atoms with E-state index in [1.165, 1.54) is 36.4 Å². The highest BCUT2D eigenvalue weighted by Gasteiger charge is 2.53. The quantitative estimate of drug-likeness (QED) is 0.721. The van der Waals surface area contributed by atoms with Crippen molar-refractivity contribution < 1.29 is 19.2 Å². The molecule has 1 heterocycles. The van der Waals surface area contributed by atoms with Crippen LogP contribution in [0.25, 0.3) is 0 Å². The zero-order valence-electron chi connectivity index (χ0n) is 12.7. The molecule has 1 aliphatic rings. The molecule has 2 aromatic carbocycles. The van der Waals surface area contributed by atoms with E-state index in [2.05, 4.69) is 5.32 Å². The highest BCUT2D eigenvalue weighted by molar-refractivity contribution is 6.30. The van der Waals surface area contributed by atoms with E-state index < -0.39 is 29.3 Å². The van der Waals surface area contributed by atoms with Crippen molar-refractivity contribution in [2.75, 3.05) is 0 Å². The Balaban J connectivity index is 2.05. The van der Waals surface area contributed by atoms with Gasteiger partial charge in [0.1, 0.15) is 0 Å². The summed E-state index contributed by atoms with van der Waals surface area (Å²) >= 11 is 5.80. The summed E-state index contributed by atoms with van der Waals surface area (Å²) in [5.74, 6) is -2.54. The van der Waals surface area contributed by atoms with Gasteiger partial charge in [0.05, 0.1) is 0 Å². The molecule has 0 unspecified atom stereocenters. The zero-order valence-corrected chi connectivity index (χ0v) is 13.5. The molecule has 0 bridgehead atoms. The van der Waals surface area contributed by atoms with E-state index in [4.69, 9.17) is 11.6 Å². The third-order valence-electron chi connectivity index (χ3n) is 3.75. The van der Waals surface area contributed by atoms with E-state index in [-0.39, 0.29) is 11.1 Å². The summed E-state index contributed by atoms with van der Waals surface area (Å²) in [7, 11) is 0. The molecule has 0 radical (unpaired) electrons. The van der Waals surface area contributed by atoms with Crippen LogP contribution in [0.1, 0.15) is 15.9 Å². The first kappa shape index (κ1) is 16.7. The van der Waals surface area contributed by atoms with Crippen LogP contribution in [0.4, 0.5) is 4.79 Å². The van der Waals surface area contributed by atoms with Crippen LogP contribution in [0.5, 0.6) is 0 Å². The van der Waals surface area contributed by atoms with Crippen LogP contribution in [0.15, 0.2) is 54.6 Å². The molecular weight excluding hydrogens is 346 g/mol. The second-order valence-electron chi connectivity index (χ2n) is 5.31. The first-order chi connectivity index (χ1) is 11.9. The van der Waals surface area contributed by atoms with Crippen LogP contribution in [-0.4, -0.2) is 23.8 Å². The van der Waals surface area contributed by atoms with Crippen LogP contribution in [0.3, 0.4) is 0 Å². The summed E-state index contributed by atoms with van der Waals surface area (Å²) < 4.78 is 0. The van der Waals surface area contributed by atoms with Crippen LogP contribution >= 0.6 is 11.6 Å². The van der Waals surface area contributed by atoms with E-state index in [0.717, 1.165) is 0 Å². The number of carbonyl (C=O) groups excluding carboxylic acids is 4. The van der Waals surface area contributed by atoms with Gasteiger partial charge < -0.3 is 5.32 Å². The van der Waals surface area contributed by atoms with E-state index in [9.17, 15) is 19.2 Å². The molecule has 3 N–H and O–H groups in total. The molecule has 0 aliphatic carbocycles. The average Bonchev–Trinajstić information content (AvgIpc) is 2.59. The number of halogens is 1. The number of amides is 5. The Morgan fingerprint density at radius 1 is 0.880 bits per heavy atom. The Morgan fingerprint density at radius 2 is 1.44 bits per heavy atom. The first-order valence-corrected chi connectivity index (χ1v) is 7.62. The van der Waals surface area contributed by atoms with Gasteiger partial charge >= 0.3 is 6.03 Å². The van der Waals surface area contributed by atoms with Gasteiger partial charge in [-0.2, -0.15) is 0 Å². The van der Waals surface area contributed by atoms with Gasteiger partial charge in [0.15, 0.2) is 0 Å². The number of barbiturate groups is 1. The molecule has 2 aromatic rings. The van der Waals surface area contributed by atoms with Crippen molar-refractivity contribution in [2.45, 2.75) is 5.54 Å². The molecule has 0 spiro atoms. The number of imide groups is 2. The summed E-state index contributed by atoms with van der Waals surface area (Å²) in [6, 6.07) is 12.9. The van der Waals surface area contributed by atoms with Gasteiger partial charge in [0.25, 0.3) is 17.7 Å². The number of urea groups is 1. The van der Waals surface area contributed by atoms with Crippen LogP contribution in [0, 0.1) is 0 Å². The van der Waals surface area contributed by atoms with Crippen molar-refractivity contribution >= 4 is 35.4 Å². The lowest BCUT2D eigenvalue weighted by Crippen LogP contribution is -2.71. The Hall–Kier alpha value is -3.19. The van der Waals surface area contributed by atoms with Crippen molar-refractivity contribution in [1.82, 2.24) is 16.0 Å². The molecule has 126 valence electrons. The van der Waals surface area contributed by atoms with Crippen LogP contribution in [-0.2, 0) is 15.1 Å². The van der Waals surface area contributed by atoms with E-state index in [1.54, 1.807) is 18.2 Å². The van der Waals surface area contributed by atoms with Gasteiger partial charge in [-0.15, -0.1) is 0 Å². The van der Waals surface area contributed by atoms with Gasteiger partial charge in [-0.05, 0) is 29.8 Å². The van der Waals surface area contributed by atoms with E-state index >= 15 is 0 Å². The zero-order chi connectivity index (χ0) is 18.0. The van der Waals surface area contributed by atoms with E-state index in [0.29, 0.717) is 5.02 Å². The fourth-order valence-corrected chi connectivity index (χ4v) is 2.63. The van der Waals surface area contributed by atoms with Gasteiger partial charge in [-0.1, -0.05) is 41.9 Å². The molecule has 25 heavy (non-hydrogen) atoms. The lowest BCUT2D eigenvalue weighted by Gasteiger charge is -2.34. The fraction of sp³-hybridized carbons (Fsp3) is 0.0588. The maximum Gasteiger partial charge on any atom is 0.328 e. The smallest absolute Gasteiger partial charge is 0.326 e. The predicted octanol–water partition coefficient (Wildman–Crippen LogP) is 1.33. The first-order valence-electron chi connectivity index (χ1n) is 7.24. The maximum atomic E-state index is 12.6. The number of hydrogen-bond acceptors (Lipinski definition) is 4. The molecule has 0 atom stereocenters. The van der Waals surface area contributed by atoms with Crippen LogP contribution < -0.4 is 16.0 Å². The second-order valence-corrected chi connectivity index (χ2v) is 5.75. The van der Waals surface area contributed by atoms with E-state index in [1.807, 2.05) is 10.6 Å². The van der Waals surface area contributed by atoms with Gasteiger partial charge in [-0.3, -0.25) is 25.0 Å². The average molecular weight is 358 g/mol. The molecule has 0 saturated carbocycles. The predicted molar refractivity (Wildman–Crippen MR) is 88.7 cm³/mol. The molecule has 8 heteroatoms. The van der Waals surface area contributed by atoms with Crippen molar-refractivity contribution in [3.05, 3.63) is 70.7 Å². The van der Waals surface area contributed by atoms with Gasteiger partial charge in [0, 0.05) is 10.6 Å². The van der Waals surface area contributed by atoms with Crippen molar-refractivity contribution in [2.24, 2.45) is 0 Å². The fourth-order valence-electron chi connectivity index (χ4n) is 2.51. The molecule has 7 nitrogen and oxygen atoms in total. The van der Waals surface area contributed by atoms with Crippen molar-refractivity contribution in [1.29, 1.82) is 0 Å². The van der Waals surface area contributed by atoms with Gasteiger partial charge in [-0.25, -0.2) is 4.79 Å². The molecule has 1 aliphatic heterocycles. The summed E-state index contributed by atoms with van der Waals surface area (Å²) in [6.45, 7) is 0. The lowest BCUT2D eigenvalue weighted by molar-refractivity contribution is -0.139. The van der Waals surface area contributed by atoms with Crippen molar-refractivity contribution in [3.63, 3.8) is 0 Å². The monoisotopic (exact) mass is 357 g/mol. The Morgan fingerprint density at radius 3 is 2.00 bits per heavy atom. The van der Waals surface area contributed by atoms with Crippen molar-refractivity contribution in [3.8, 4) is 0 Å². The Bertz CT molecular complexity index is 845. The molecule has 1 saturated heterocycles. The van der Waals surface area contributed by atoms with Gasteiger partial charge in [0.2, 0.25) is 5.54 Å². The Kier molecular flexibility index (Phi) is 4.24. The molecule has 5 amide bonds. The maximum absolute atomic E-state index is 12.6. The highest BCUT2D eigenvalue weighted by Crippen LogP contribution is 2.25. The third-order valence-corrected chi connectivity index (χ3v) is 4.00. The van der Waals surface area contributed by atoms with Crippen LogP contribution in [0.2, 0.25) is 5.02 Å². The molecular formula is C17H12ClN3O4. The largest absolute Gasteiger partial charge is 0.328 e. The highest BCUT2D eigenvalue weighted by atomic mass is 35.5. The minimum atomic E-state index is -2.06. The number of benzene rings is 2. The number of nitrogens with one attached hydrogen (secondary N) is 3. The number of rotatable bonds is 3. The molecule has 3 rings (SSSR count). The third kappa shape index (κ3) is 2.97. The SMILES string of the molecule is O=C1NC(=O)C(NC(=O)c2ccc(Cl)cc2)(c2ccccc2)C(=O)N1. The summed E-state index contributed by atoms with van der Waals surface area (Å²) in [6.07, 6.45) is 0. The normalized spacial score (nSPS) is 16.0. The minimum absolute atomic E-state index is 0.206. The molecule has 1 fully saturated rings. The Labute approximate surface area is 147 Å².